The second-order valence-electron chi connectivity index (χ2n) is 7.11. The smallest absolute Gasteiger partial charge is 0.319 e. The van der Waals surface area contributed by atoms with Gasteiger partial charge in [-0.05, 0) is 23.7 Å². The number of carbonyl (C=O) groups is 1. The zero-order valence-electron chi connectivity index (χ0n) is 17.7. The molecular weight excluding hydrogens is 427 g/mol. The molecule has 0 saturated carbocycles. The molecule has 10 heteroatoms. The normalized spacial score (nSPS) is 10.7. The van der Waals surface area contributed by atoms with Crippen molar-refractivity contribution in [3.63, 3.8) is 0 Å². The number of aromatic nitrogens is 3. The molecule has 3 N–H and O–H groups in total. The largest absolute Gasteiger partial charge is 0.497 e. The van der Waals surface area contributed by atoms with Crippen LogP contribution in [0.1, 0.15) is 0 Å². The summed E-state index contributed by atoms with van der Waals surface area (Å²) < 4.78 is 6.91. The van der Waals surface area contributed by atoms with Gasteiger partial charge in [-0.25, -0.2) is 9.78 Å². The number of nitrogens with zero attached hydrogens (tertiary/aromatic N) is 3. The van der Waals surface area contributed by atoms with Gasteiger partial charge in [0.15, 0.2) is 5.65 Å². The van der Waals surface area contributed by atoms with Crippen molar-refractivity contribution in [2.24, 2.45) is 0 Å². The molecular formula is C22H22BClN6O2. The van der Waals surface area contributed by atoms with E-state index in [0.717, 1.165) is 28.2 Å². The van der Waals surface area contributed by atoms with Gasteiger partial charge in [0.25, 0.3) is 0 Å². The molecule has 4 rings (SSSR count). The van der Waals surface area contributed by atoms with E-state index in [1.165, 1.54) is 0 Å². The van der Waals surface area contributed by atoms with E-state index in [2.05, 4.69) is 21.0 Å². The van der Waals surface area contributed by atoms with Gasteiger partial charge in [0, 0.05) is 47.7 Å². The van der Waals surface area contributed by atoms with Crippen LogP contribution in [0.2, 0.25) is 5.02 Å². The highest BCUT2D eigenvalue weighted by atomic mass is 35.5. The summed E-state index contributed by atoms with van der Waals surface area (Å²) in [7, 11) is 3.54. The minimum atomic E-state index is -0.299. The fraction of sp³-hybridized carbons (Fsp3) is 0.136. The number of carbonyl (C=O) groups excluding carboxylic acids is 1. The fourth-order valence-electron chi connectivity index (χ4n) is 3.25. The molecule has 2 aromatic heterocycles. The van der Waals surface area contributed by atoms with Gasteiger partial charge >= 0.3 is 6.03 Å². The fourth-order valence-corrected chi connectivity index (χ4v) is 3.48. The van der Waals surface area contributed by atoms with Gasteiger partial charge in [0.05, 0.1) is 12.8 Å². The number of ether oxygens (including phenoxy) is 1. The van der Waals surface area contributed by atoms with E-state index in [9.17, 15) is 4.79 Å². The van der Waals surface area contributed by atoms with Crippen LogP contribution in [0.3, 0.4) is 0 Å². The summed E-state index contributed by atoms with van der Waals surface area (Å²) >= 11 is 6.38. The highest BCUT2D eigenvalue weighted by Gasteiger charge is 2.12. The number of anilines is 2. The molecule has 2 amide bonds. The summed E-state index contributed by atoms with van der Waals surface area (Å²) in [5.41, 5.74) is 3.95. The maximum absolute atomic E-state index is 12.2. The van der Waals surface area contributed by atoms with Gasteiger partial charge < -0.3 is 20.7 Å². The summed E-state index contributed by atoms with van der Waals surface area (Å²) in [6.45, 7) is 0.896. The second-order valence-corrected chi connectivity index (χ2v) is 7.52. The standard InChI is InChI=1S/C22H22BClN6O2/c1-32-15-6-4-5-14(11-15)28-22(31)26-10-9-25-20-12-19(16-7-2-3-8-18(16)24)29-21-17(23)13-27-30(20)21/h2-8,11-13,25H,9-10,23H2,1H3,(H2,26,28,31). The Morgan fingerprint density at radius 3 is 2.81 bits per heavy atom. The van der Waals surface area contributed by atoms with Crippen LogP contribution >= 0.6 is 11.6 Å². The van der Waals surface area contributed by atoms with Crippen LogP contribution in [0.15, 0.2) is 60.8 Å². The molecule has 0 fully saturated rings. The van der Waals surface area contributed by atoms with Gasteiger partial charge in [-0.3, -0.25) is 0 Å². The Bertz CT molecular complexity index is 1260. The molecule has 32 heavy (non-hydrogen) atoms. The van der Waals surface area contributed by atoms with Crippen molar-refractivity contribution >= 4 is 48.1 Å². The number of urea groups is 1. The van der Waals surface area contributed by atoms with Crippen LogP contribution in [0.25, 0.3) is 16.9 Å². The lowest BCUT2D eigenvalue weighted by Gasteiger charge is -2.13. The Morgan fingerprint density at radius 1 is 1.16 bits per heavy atom. The van der Waals surface area contributed by atoms with E-state index in [4.69, 9.17) is 21.3 Å². The monoisotopic (exact) mass is 448 g/mol. The summed E-state index contributed by atoms with van der Waals surface area (Å²) in [6, 6.07) is 16.4. The first kappa shape index (κ1) is 21.5. The Labute approximate surface area is 191 Å². The van der Waals surface area contributed by atoms with Crippen molar-refractivity contribution in [2.75, 3.05) is 30.8 Å². The average Bonchev–Trinajstić information content (AvgIpc) is 3.18. The van der Waals surface area contributed by atoms with Crippen LogP contribution in [0.4, 0.5) is 16.3 Å². The summed E-state index contributed by atoms with van der Waals surface area (Å²) in [5.74, 6) is 1.43. The van der Waals surface area contributed by atoms with E-state index in [1.807, 2.05) is 50.3 Å². The first-order valence-corrected chi connectivity index (χ1v) is 10.5. The average molecular weight is 449 g/mol. The zero-order chi connectivity index (χ0) is 22.5. The third kappa shape index (κ3) is 4.78. The number of fused-ring (bicyclic) bond motifs is 1. The van der Waals surface area contributed by atoms with E-state index in [1.54, 1.807) is 30.0 Å². The number of rotatable bonds is 7. The number of hydrogen-bond donors (Lipinski definition) is 3. The molecule has 0 radical (unpaired) electrons. The zero-order valence-corrected chi connectivity index (χ0v) is 18.5. The predicted octanol–water partition coefficient (Wildman–Crippen LogP) is 2.55. The molecule has 8 nitrogen and oxygen atoms in total. The van der Waals surface area contributed by atoms with Crippen molar-refractivity contribution in [3.8, 4) is 17.0 Å². The number of halogens is 1. The minimum absolute atomic E-state index is 0.299. The lowest BCUT2D eigenvalue weighted by molar-refractivity contribution is 0.252. The predicted molar refractivity (Wildman–Crippen MR) is 130 cm³/mol. The summed E-state index contributed by atoms with van der Waals surface area (Å²) in [6.07, 6.45) is 1.77. The highest BCUT2D eigenvalue weighted by molar-refractivity contribution is 6.36. The summed E-state index contributed by atoms with van der Waals surface area (Å²) in [4.78, 5) is 16.9. The molecule has 0 aliphatic heterocycles. The number of amides is 2. The minimum Gasteiger partial charge on any atom is -0.497 e. The Kier molecular flexibility index (Phi) is 6.46. The quantitative estimate of drug-likeness (QED) is 0.298. The van der Waals surface area contributed by atoms with Crippen LogP contribution in [-0.4, -0.2) is 48.7 Å². The third-order valence-corrected chi connectivity index (χ3v) is 5.17. The lowest BCUT2D eigenvalue weighted by atomic mass is 10.0. The van der Waals surface area contributed by atoms with E-state index in [-0.39, 0.29) is 6.03 Å². The van der Waals surface area contributed by atoms with Crippen molar-refractivity contribution in [2.45, 2.75) is 0 Å². The second kappa shape index (κ2) is 9.61. The maximum atomic E-state index is 12.2. The molecule has 0 aliphatic carbocycles. The molecule has 4 aromatic rings. The Hall–Kier alpha value is -3.72. The van der Waals surface area contributed by atoms with E-state index < -0.39 is 0 Å². The molecule has 0 bridgehead atoms. The number of methoxy groups -OCH3 is 1. The van der Waals surface area contributed by atoms with Crippen LogP contribution in [0.5, 0.6) is 5.75 Å². The Balaban J connectivity index is 1.43. The molecule has 2 heterocycles. The van der Waals surface area contributed by atoms with Crippen LogP contribution < -0.4 is 26.2 Å². The van der Waals surface area contributed by atoms with Gasteiger partial charge in [-0.2, -0.15) is 9.61 Å². The van der Waals surface area contributed by atoms with Gasteiger partial charge in [-0.1, -0.05) is 35.9 Å². The molecule has 0 unspecified atom stereocenters. The molecule has 162 valence electrons. The van der Waals surface area contributed by atoms with E-state index in [0.29, 0.717) is 29.5 Å². The third-order valence-electron chi connectivity index (χ3n) is 4.84. The number of hydrogen-bond acceptors (Lipinski definition) is 5. The number of benzene rings is 2. The highest BCUT2D eigenvalue weighted by Crippen LogP contribution is 2.28. The molecule has 0 aliphatic rings. The summed E-state index contributed by atoms with van der Waals surface area (Å²) in [5, 5.41) is 14.0. The molecule has 2 aromatic carbocycles. The first-order chi connectivity index (χ1) is 15.5. The van der Waals surface area contributed by atoms with E-state index >= 15 is 0 Å². The first-order valence-electron chi connectivity index (χ1n) is 10.1. The van der Waals surface area contributed by atoms with Gasteiger partial charge in [0.1, 0.15) is 19.4 Å². The van der Waals surface area contributed by atoms with Crippen molar-refractivity contribution < 1.29 is 9.53 Å². The molecule has 0 saturated heterocycles. The van der Waals surface area contributed by atoms with Crippen LogP contribution in [-0.2, 0) is 0 Å². The maximum Gasteiger partial charge on any atom is 0.319 e. The van der Waals surface area contributed by atoms with Gasteiger partial charge in [-0.15, -0.1) is 0 Å². The van der Waals surface area contributed by atoms with Gasteiger partial charge in [0.2, 0.25) is 0 Å². The number of nitrogens with one attached hydrogen (secondary N) is 3. The molecule has 0 spiro atoms. The SMILES string of the molecule is Bc1cnn2c(NCCNC(=O)Nc3cccc(OC)c3)cc(-c3ccccc3Cl)nc12. The van der Waals surface area contributed by atoms with Crippen molar-refractivity contribution in [3.05, 3.63) is 65.8 Å². The topological polar surface area (TPSA) is 92.6 Å². The Morgan fingerprint density at radius 2 is 2.00 bits per heavy atom. The van der Waals surface area contributed by atoms with Crippen LogP contribution in [0, 0.1) is 0 Å². The lowest BCUT2D eigenvalue weighted by Crippen LogP contribution is -2.32. The molecule has 0 atom stereocenters. The van der Waals surface area contributed by atoms with Crippen molar-refractivity contribution in [1.82, 2.24) is 19.9 Å². The van der Waals surface area contributed by atoms with Crippen molar-refractivity contribution in [1.29, 1.82) is 0 Å².